The van der Waals surface area contributed by atoms with Crippen LogP contribution in [0.25, 0.3) is 6.08 Å². The van der Waals surface area contributed by atoms with Gasteiger partial charge in [-0.3, -0.25) is 4.90 Å². The van der Waals surface area contributed by atoms with Gasteiger partial charge in [0, 0.05) is 13.1 Å². The average Bonchev–Trinajstić information content (AvgIpc) is 2.76. The Hall–Kier alpha value is -1.28. The Balaban J connectivity index is 1.72. The molecule has 92 valence electrons. The number of nitrogens with zero attached hydrogens (tertiary/aromatic N) is 1. The molecule has 0 bridgehead atoms. The molecule has 17 heavy (non-hydrogen) atoms. The van der Waals surface area contributed by atoms with Crippen LogP contribution in [0.3, 0.4) is 0 Å². The molecule has 0 radical (unpaired) electrons. The van der Waals surface area contributed by atoms with Gasteiger partial charge in [-0.15, -0.1) is 0 Å². The summed E-state index contributed by atoms with van der Waals surface area (Å²) in [6, 6.07) is 8.06. The number of likely N-dealkylation sites (tertiary alicyclic amines) is 1. The molecule has 0 aromatic heterocycles. The second-order valence-electron chi connectivity index (χ2n) is 4.82. The zero-order valence-corrected chi connectivity index (χ0v) is 10.6. The van der Waals surface area contributed by atoms with Crippen LogP contribution < -0.4 is 4.74 Å². The normalized spacial score (nSPS) is 20.4. The third-order valence-corrected chi connectivity index (χ3v) is 3.30. The maximum absolute atomic E-state index is 5.73. The number of ether oxygens (including phenoxy) is 1. The van der Waals surface area contributed by atoms with Gasteiger partial charge in [0.25, 0.3) is 0 Å². The van der Waals surface area contributed by atoms with Gasteiger partial charge in [0.15, 0.2) is 0 Å². The van der Waals surface area contributed by atoms with Crippen LogP contribution >= 0.6 is 0 Å². The second kappa shape index (κ2) is 5.87. The van der Waals surface area contributed by atoms with Crippen molar-refractivity contribution in [1.82, 2.24) is 4.90 Å². The first-order valence-electron chi connectivity index (χ1n) is 6.35. The molecule has 1 saturated heterocycles. The fraction of sp³-hybridized carbons (Fsp3) is 0.467. The standard InChI is InChI=1S/C15H21NO/c1-3-14-4-6-15(7-5-14)17-11-10-16-9-8-13(2)12-16/h3-7,13H,1,8-12H2,2H3/t13-/m1/s1. The molecule has 1 aromatic carbocycles. The van der Waals surface area contributed by atoms with E-state index in [1.807, 2.05) is 30.3 Å². The monoisotopic (exact) mass is 231 g/mol. The maximum Gasteiger partial charge on any atom is 0.119 e. The molecule has 1 heterocycles. The molecule has 0 amide bonds. The van der Waals surface area contributed by atoms with E-state index in [-0.39, 0.29) is 0 Å². The number of hydrogen-bond donors (Lipinski definition) is 0. The lowest BCUT2D eigenvalue weighted by atomic mass is 10.2. The van der Waals surface area contributed by atoms with Crippen molar-refractivity contribution in [3.05, 3.63) is 36.4 Å². The summed E-state index contributed by atoms with van der Waals surface area (Å²) in [6.07, 6.45) is 3.17. The van der Waals surface area contributed by atoms with Crippen molar-refractivity contribution in [1.29, 1.82) is 0 Å². The topological polar surface area (TPSA) is 12.5 Å². The Morgan fingerprint density at radius 3 is 2.76 bits per heavy atom. The van der Waals surface area contributed by atoms with Gasteiger partial charge in [-0.2, -0.15) is 0 Å². The smallest absolute Gasteiger partial charge is 0.119 e. The Labute approximate surface area is 104 Å². The molecule has 1 atom stereocenters. The fourth-order valence-corrected chi connectivity index (χ4v) is 2.22. The van der Waals surface area contributed by atoms with Crippen molar-refractivity contribution in [2.45, 2.75) is 13.3 Å². The van der Waals surface area contributed by atoms with Gasteiger partial charge in [0.05, 0.1) is 0 Å². The summed E-state index contributed by atoms with van der Waals surface area (Å²) < 4.78 is 5.73. The van der Waals surface area contributed by atoms with Crippen LogP contribution in [0.5, 0.6) is 5.75 Å². The Kier molecular flexibility index (Phi) is 4.21. The summed E-state index contributed by atoms with van der Waals surface area (Å²) in [5.41, 5.74) is 1.13. The van der Waals surface area contributed by atoms with Crippen molar-refractivity contribution >= 4 is 6.08 Å². The minimum atomic E-state index is 0.778. The van der Waals surface area contributed by atoms with E-state index in [0.717, 1.165) is 30.4 Å². The zero-order valence-electron chi connectivity index (χ0n) is 10.6. The van der Waals surface area contributed by atoms with Crippen molar-refractivity contribution in [2.24, 2.45) is 5.92 Å². The highest BCUT2D eigenvalue weighted by Gasteiger charge is 2.17. The summed E-state index contributed by atoms with van der Waals surface area (Å²) in [5.74, 6) is 1.80. The number of hydrogen-bond acceptors (Lipinski definition) is 2. The predicted molar refractivity (Wildman–Crippen MR) is 72.2 cm³/mol. The second-order valence-corrected chi connectivity index (χ2v) is 4.82. The quantitative estimate of drug-likeness (QED) is 0.772. The minimum Gasteiger partial charge on any atom is -0.492 e. The van der Waals surface area contributed by atoms with E-state index >= 15 is 0 Å². The van der Waals surface area contributed by atoms with E-state index in [9.17, 15) is 0 Å². The number of rotatable bonds is 5. The van der Waals surface area contributed by atoms with Crippen LogP contribution in [0, 0.1) is 5.92 Å². The first-order chi connectivity index (χ1) is 8.28. The first kappa shape index (κ1) is 12.2. The predicted octanol–water partition coefficient (Wildman–Crippen LogP) is 3.05. The van der Waals surface area contributed by atoms with Crippen LogP contribution in [0.1, 0.15) is 18.9 Å². The summed E-state index contributed by atoms with van der Waals surface area (Å²) in [7, 11) is 0. The highest BCUT2D eigenvalue weighted by molar-refractivity contribution is 5.48. The molecule has 0 N–H and O–H groups in total. The largest absolute Gasteiger partial charge is 0.492 e. The molecule has 0 aliphatic carbocycles. The van der Waals surface area contributed by atoms with E-state index in [4.69, 9.17) is 4.74 Å². The zero-order chi connectivity index (χ0) is 12.1. The molecule has 0 saturated carbocycles. The number of benzene rings is 1. The van der Waals surface area contributed by atoms with E-state index < -0.39 is 0 Å². The summed E-state index contributed by atoms with van der Waals surface area (Å²) in [4.78, 5) is 2.47. The SMILES string of the molecule is C=Cc1ccc(OCCN2CC[C@@H](C)C2)cc1. The van der Waals surface area contributed by atoms with Gasteiger partial charge in [0.2, 0.25) is 0 Å². The lowest BCUT2D eigenvalue weighted by Crippen LogP contribution is -2.25. The lowest BCUT2D eigenvalue weighted by molar-refractivity contribution is 0.234. The Bertz CT molecular complexity index is 358. The fourth-order valence-electron chi connectivity index (χ4n) is 2.22. The third-order valence-electron chi connectivity index (χ3n) is 3.30. The summed E-state index contributed by atoms with van der Waals surface area (Å²) in [6.45, 7) is 10.3. The molecule has 1 aliphatic rings. The highest BCUT2D eigenvalue weighted by Crippen LogP contribution is 2.15. The third kappa shape index (κ3) is 3.60. The van der Waals surface area contributed by atoms with Gasteiger partial charge >= 0.3 is 0 Å². The summed E-state index contributed by atoms with van der Waals surface area (Å²) >= 11 is 0. The van der Waals surface area contributed by atoms with E-state index in [1.54, 1.807) is 0 Å². The van der Waals surface area contributed by atoms with Crippen LogP contribution in [-0.4, -0.2) is 31.1 Å². The molecule has 2 heteroatoms. The molecular formula is C15H21NO. The van der Waals surface area contributed by atoms with Crippen molar-refractivity contribution < 1.29 is 4.74 Å². The Morgan fingerprint density at radius 2 is 2.18 bits per heavy atom. The molecule has 2 rings (SSSR count). The van der Waals surface area contributed by atoms with Crippen LogP contribution in [0.2, 0.25) is 0 Å². The summed E-state index contributed by atoms with van der Waals surface area (Å²) in [5, 5.41) is 0. The van der Waals surface area contributed by atoms with Crippen molar-refractivity contribution in [3.63, 3.8) is 0 Å². The van der Waals surface area contributed by atoms with Gasteiger partial charge in [-0.1, -0.05) is 31.7 Å². The van der Waals surface area contributed by atoms with Gasteiger partial charge in [-0.25, -0.2) is 0 Å². The van der Waals surface area contributed by atoms with E-state index in [0.29, 0.717) is 0 Å². The van der Waals surface area contributed by atoms with Crippen LogP contribution in [0.4, 0.5) is 0 Å². The average molecular weight is 231 g/mol. The van der Waals surface area contributed by atoms with Gasteiger partial charge < -0.3 is 4.74 Å². The molecular weight excluding hydrogens is 210 g/mol. The Morgan fingerprint density at radius 1 is 1.41 bits per heavy atom. The highest BCUT2D eigenvalue weighted by atomic mass is 16.5. The first-order valence-corrected chi connectivity index (χ1v) is 6.35. The lowest BCUT2D eigenvalue weighted by Gasteiger charge is -2.15. The van der Waals surface area contributed by atoms with Gasteiger partial charge in [-0.05, 0) is 36.6 Å². The molecule has 1 aliphatic heterocycles. The molecule has 0 spiro atoms. The molecule has 1 fully saturated rings. The molecule has 0 unspecified atom stereocenters. The molecule has 1 aromatic rings. The van der Waals surface area contributed by atoms with Gasteiger partial charge in [0.1, 0.15) is 12.4 Å². The van der Waals surface area contributed by atoms with Crippen LogP contribution in [-0.2, 0) is 0 Å². The maximum atomic E-state index is 5.73. The van der Waals surface area contributed by atoms with E-state index in [1.165, 1.54) is 19.5 Å². The van der Waals surface area contributed by atoms with Crippen molar-refractivity contribution in [3.8, 4) is 5.75 Å². The van der Waals surface area contributed by atoms with E-state index in [2.05, 4.69) is 18.4 Å². The molecule has 2 nitrogen and oxygen atoms in total. The van der Waals surface area contributed by atoms with Crippen molar-refractivity contribution in [2.75, 3.05) is 26.2 Å². The minimum absolute atomic E-state index is 0.778. The van der Waals surface area contributed by atoms with Crippen LogP contribution in [0.15, 0.2) is 30.8 Å².